The number of rotatable bonds is 6. The first-order chi connectivity index (χ1) is 11.3. The van der Waals surface area contributed by atoms with Gasteiger partial charge in [-0.25, -0.2) is 9.36 Å². The van der Waals surface area contributed by atoms with Crippen LogP contribution in [0.25, 0.3) is 0 Å². The molecule has 2 heterocycles. The number of carbonyl (C=O) groups is 2. The second-order valence-electron chi connectivity index (χ2n) is 4.79. The Kier molecular flexibility index (Phi) is 4.72. The van der Waals surface area contributed by atoms with Gasteiger partial charge in [0.2, 0.25) is 23.5 Å². The fraction of sp³-hybridized carbons (Fsp3) is 0.364. The van der Waals surface area contributed by atoms with Gasteiger partial charge in [0.1, 0.15) is 0 Å². The molecule has 2 rings (SSSR count). The number of nitrogens with one attached hydrogen (secondary N) is 3. The lowest BCUT2D eigenvalue weighted by Crippen LogP contribution is -2.29. The van der Waals surface area contributed by atoms with Crippen LogP contribution in [0.5, 0.6) is 0 Å². The minimum atomic E-state index is -0.615. The lowest BCUT2D eigenvalue weighted by atomic mass is 10.4. The van der Waals surface area contributed by atoms with Crippen molar-refractivity contribution in [3.05, 3.63) is 11.6 Å². The third-order valence-electron chi connectivity index (χ3n) is 2.85. The number of nitrogens with two attached hydrogens (primary N) is 2. The van der Waals surface area contributed by atoms with E-state index in [1.165, 1.54) is 23.5 Å². The van der Waals surface area contributed by atoms with Crippen LogP contribution in [0.1, 0.15) is 27.7 Å². The maximum Gasteiger partial charge on any atom is 0.295 e. The Labute approximate surface area is 135 Å². The zero-order chi connectivity index (χ0) is 17.9. The Morgan fingerprint density at radius 1 is 1.12 bits per heavy atom. The number of aryl methyl sites for hydroxylation is 2. The van der Waals surface area contributed by atoms with Gasteiger partial charge in [0.25, 0.3) is 11.8 Å². The quantitative estimate of drug-likeness (QED) is 0.290. The predicted molar refractivity (Wildman–Crippen MR) is 83.2 cm³/mol. The molecule has 13 heteroatoms. The molecule has 0 aliphatic heterocycles. The van der Waals surface area contributed by atoms with Crippen molar-refractivity contribution in [3.8, 4) is 0 Å². The Morgan fingerprint density at radius 3 is 2.33 bits per heavy atom. The molecule has 0 radical (unpaired) electrons. The van der Waals surface area contributed by atoms with Crippen LogP contribution >= 0.6 is 0 Å². The van der Waals surface area contributed by atoms with E-state index in [2.05, 4.69) is 30.8 Å². The monoisotopic (exact) mass is 335 g/mol. The lowest BCUT2D eigenvalue weighted by Gasteiger charge is -2.02. The molecule has 0 aliphatic rings. The van der Waals surface area contributed by atoms with Gasteiger partial charge < -0.3 is 16.8 Å². The number of carbonyl (C=O) groups excluding carboxylic acids is 2. The van der Waals surface area contributed by atoms with Gasteiger partial charge in [-0.15, -0.1) is 10.2 Å². The smallest absolute Gasteiger partial charge is 0.295 e. The maximum absolute atomic E-state index is 12.1. The van der Waals surface area contributed by atoms with Crippen LogP contribution in [0.3, 0.4) is 0 Å². The molecular formula is C11H17N11O2. The Bertz CT molecular complexity index is 790. The highest BCUT2D eigenvalue weighted by molar-refractivity contribution is 6.01. The maximum atomic E-state index is 12.1. The second kappa shape index (κ2) is 6.72. The second-order valence-corrected chi connectivity index (χ2v) is 4.79. The molecule has 0 bridgehead atoms. The van der Waals surface area contributed by atoms with Crippen LogP contribution < -0.4 is 22.1 Å². The van der Waals surface area contributed by atoms with Gasteiger partial charge in [-0.3, -0.25) is 20.3 Å². The first kappa shape index (κ1) is 16.9. The minimum Gasteiger partial charge on any atom is -0.388 e. The van der Waals surface area contributed by atoms with Gasteiger partial charge in [0.05, 0.1) is 5.84 Å². The normalized spacial score (nSPS) is 10.4. The zero-order valence-electron chi connectivity index (χ0n) is 13.1. The standard InChI is InChI=1S/C11H17N11O2/c1-21-7(16-10(14)19-21)9(24)18-11-17-6(22(2)20-11)8(23)15-4-3-5(12)13/h3-4H2,1-2H3,(H3,12,13)(H2,14,19)(H,15,23)(H,18,20,24). The van der Waals surface area contributed by atoms with Crippen LogP contribution in [0.15, 0.2) is 0 Å². The van der Waals surface area contributed by atoms with E-state index in [0.29, 0.717) is 0 Å². The molecule has 24 heavy (non-hydrogen) atoms. The summed E-state index contributed by atoms with van der Waals surface area (Å²) < 4.78 is 2.42. The summed E-state index contributed by atoms with van der Waals surface area (Å²) in [6.45, 7) is 0.195. The van der Waals surface area contributed by atoms with Gasteiger partial charge in [-0.05, 0) is 0 Å². The average Bonchev–Trinajstić information content (AvgIpc) is 3.00. The SMILES string of the molecule is Cn1nc(NC(=O)c2nc(N)nn2C)nc1C(=O)NCCC(=N)N. The number of anilines is 2. The summed E-state index contributed by atoms with van der Waals surface area (Å²) in [6.07, 6.45) is 0.223. The number of hydrogen-bond acceptors (Lipinski definition) is 8. The van der Waals surface area contributed by atoms with E-state index in [-0.39, 0.29) is 42.3 Å². The summed E-state index contributed by atoms with van der Waals surface area (Å²) in [5.41, 5.74) is 10.6. The minimum absolute atomic E-state index is 0.00803. The van der Waals surface area contributed by atoms with Crippen molar-refractivity contribution in [2.75, 3.05) is 17.6 Å². The fourth-order valence-electron chi connectivity index (χ4n) is 1.78. The zero-order valence-corrected chi connectivity index (χ0v) is 13.1. The Hall–Kier alpha value is -3.51. The number of nitrogens with zero attached hydrogens (tertiary/aromatic N) is 6. The van der Waals surface area contributed by atoms with Gasteiger partial charge in [0, 0.05) is 27.1 Å². The van der Waals surface area contributed by atoms with E-state index in [4.69, 9.17) is 16.9 Å². The van der Waals surface area contributed by atoms with Crippen molar-refractivity contribution in [3.63, 3.8) is 0 Å². The molecule has 0 spiro atoms. The molecule has 0 saturated heterocycles. The fourth-order valence-corrected chi connectivity index (χ4v) is 1.78. The summed E-state index contributed by atoms with van der Waals surface area (Å²) in [4.78, 5) is 31.8. The molecule has 0 aromatic carbocycles. The summed E-state index contributed by atoms with van der Waals surface area (Å²) in [5, 5.41) is 19.7. The van der Waals surface area contributed by atoms with Crippen molar-refractivity contribution < 1.29 is 9.59 Å². The molecule has 2 amide bonds. The Morgan fingerprint density at radius 2 is 1.75 bits per heavy atom. The van der Waals surface area contributed by atoms with E-state index in [9.17, 15) is 9.59 Å². The summed E-state index contributed by atoms with van der Waals surface area (Å²) in [7, 11) is 3.01. The van der Waals surface area contributed by atoms with Crippen LogP contribution in [-0.4, -0.2) is 53.7 Å². The first-order valence-corrected chi connectivity index (χ1v) is 6.78. The van der Waals surface area contributed by atoms with E-state index in [1.807, 2.05) is 0 Å². The number of aromatic nitrogens is 6. The van der Waals surface area contributed by atoms with Gasteiger partial charge in [-0.2, -0.15) is 9.97 Å². The predicted octanol–water partition coefficient (Wildman–Crippen LogP) is -2.17. The molecule has 2 aromatic rings. The highest BCUT2D eigenvalue weighted by Gasteiger charge is 2.19. The van der Waals surface area contributed by atoms with Crippen molar-refractivity contribution in [1.82, 2.24) is 34.8 Å². The molecule has 7 N–H and O–H groups in total. The number of amides is 2. The van der Waals surface area contributed by atoms with E-state index >= 15 is 0 Å². The highest BCUT2D eigenvalue weighted by Crippen LogP contribution is 2.05. The highest BCUT2D eigenvalue weighted by atomic mass is 16.2. The van der Waals surface area contributed by atoms with Crippen molar-refractivity contribution in [1.29, 1.82) is 5.41 Å². The molecule has 0 aliphatic carbocycles. The third-order valence-corrected chi connectivity index (χ3v) is 2.85. The topological polar surface area (TPSA) is 196 Å². The number of amidine groups is 1. The van der Waals surface area contributed by atoms with Crippen molar-refractivity contribution in [2.24, 2.45) is 19.8 Å². The summed E-state index contributed by atoms with van der Waals surface area (Å²) >= 11 is 0. The summed E-state index contributed by atoms with van der Waals surface area (Å²) in [6, 6.07) is 0. The van der Waals surface area contributed by atoms with Gasteiger partial charge in [0.15, 0.2) is 0 Å². The lowest BCUT2D eigenvalue weighted by molar-refractivity contribution is 0.0939. The number of nitrogen functional groups attached to an aromatic ring is 1. The summed E-state index contributed by atoms with van der Waals surface area (Å²) in [5.74, 6) is -1.30. The van der Waals surface area contributed by atoms with E-state index in [1.54, 1.807) is 0 Å². The van der Waals surface area contributed by atoms with Gasteiger partial charge >= 0.3 is 0 Å². The molecular weight excluding hydrogens is 318 g/mol. The molecule has 2 aromatic heterocycles. The third kappa shape index (κ3) is 3.82. The van der Waals surface area contributed by atoms with Crippen LogP contribution in [0, 0.1) is 5.41 Å². The average molecular weight is 335 g/mol. The van der Waals surface area contributed by atoms with E-state index < -0.39 is 11.8 Å². The largest absolute Gasteiger partial charge is 0.388 e. The number of hydrogen-bond donors (Lipinski definition) is 5. The molecule has 13 nitrogen and oxygen atoms in total. The van der Waals surface area contributed by atoms with Gasteiger partial charge in [-0.1, -0.05) is 0 Å². The van der Waals surface area contributed by atoms with Crippen LogP contribution in [0.2, 0.25) is 0 Å². The molecule has 128 valence electrons. The van der Waals surface area contributed by atoms with Crippen molar-refractivity contribution in [2.45, 2.75) is 6.42 Å². The first-order valence-electron chi connectivity index (χ1n) is 6.78. The van der Waals surface area contributed by atoms with E-state index in [0.717, 1.165) is 0 Å². The van der Waals surface area contributed by atoms with Crippen LogP contribution in [0.4, 0.5) is 11.9 Å². The van der Waals surface area contributed by atoms with Crippen LogP contribution in [-0.2, 0) is 14.1 Å². The molecule has 0 fully saturated rings. The molecule has 0 saturated carbocycles. The molecule has 0 atom stereocenters. The van der Waals surface area contributed by atoms with Crippen molar-refractivity contribution >= 4 is 29.5 Å². The Balaban J connectivity index is 2.05. The molecule has 0 unspecified atom stereocenters.